The Balaban J connectivity index is 1.05. The van der Waals surface area contributed by atoms with E-state index in [0.717, 1.165) is 29.0 Å². The average molecular weight is 617 g/mol. The summed E-state index contributed by atoms with van der Waals surface area (Å²) in [6.07, 6.45) is 1.80. The summed E-state index contributed by atoms with van der Waals surface area (Å²) >= 11 is 0. The Morgan fingerprint density at radius 3 is 2.39 bits per heavy atom. The number of carbonyl (C=O) groups excluding carboxylic acids is 1. The summed E-state index contributed by atoms with van der Waals surface area (Å²) in [5, 5.41) is 4.23. The van der Waals surface area contributed by atoms with E-state index < -0.39 is 10.2 Å². The molecule has 2 fully saturated rings. The van der Waals surface area contributed by atoms with E-state index in [1.165, 1.54) is 9.87 Å². The number of hydrogen-bond donors (Lipinski definition) is 3. The lowest BCUT2D eigenvalue weighted by Gasteiger charge is -2.36. The Morgan fingerprint density at radius 2 is 1.66 bits per heavy atom. The van der Waals surface area contributed by atoms with Gasteiger partial charge >= 0.3 is 10.2 Å². The minimum absolute atomic E-state index is 0.0714. The smallest absolute Gasteiger partial charge is 0.301 e. The van der Waals surface area contributed by atoms with Crippen LogP contribution in [-0.2, 0) is 16.8 Å². The van der Waals surface area contributed by atoms with Crippen molar-refractivity contribution in [2.24, 2.45) is 0 Å². The van der Waals surface area contributed by atoms with Crippen LogP contribution < -0.4 is 14.9 Å². The number of pyridine rings is 1. The fraction of sp³-hybridized carbons (Fsp3) is 0.375. The molecular formula is C32H40N8O3S. The van der Waals surface area contributed by atoms with E-state index >= 15 is 0 Å². The van der Waals surface area contributed by atoms with Crippen molar-refractivity contribution < 1.29 is 13.2 Å². The molecule has 2 aliphatic rings. The second-order valence-electron chi connectivity index (χ2n) is 11.7. The van der Waals surface area contributed by atoms with Crippen molar-refractivity contribution in [2.45, 2.75) is 26.4 Å². The Morgan fingerprint density at radius 1 is 0.909 bits per heavy atom. The molecule has 0 spiro atoms. The van der Waals surface area contributed by atoms with Crippen LogP contribution in [0.25, 0.3) is 10.9 Å². The fourth-order valence-corrected chi connectivity index (χ4v) is 7.06. The van der Waals surface area contributed by atoms with Crippen LogP contribution in [0.1, 0.15) is 29.9 Å². The largest absolute Gasteiger partial charge is 0.380 e. The number of aromatic nitrogens is 2. The van der Waals surface area contributed by atoms with Gasteiger partial charge in [0.05, 0.1) is 11.4 Å². The van der Waals surface area contributed by atoms with Gasteiger partial charge in [0, 0.05) is 82.0 Å². The fourth-order valence-electron chi connectivity index (χ4n) is 5.86. The molecule has 2 aromatic heterocycles. The number of nitrogens with one attached hydrogen (secondary N) is 3. The maximum atomic E-state index is 13.4. The van der Waals surface area contributed by atoms with Crippen LogP contribution in [0.2, 0.25) is 0 Å². The third-order valence-corrected chi connectivity index (χ3v) is 9.65. The molecule has 1 amide bonds. The van der Waals surface area contributed by atoms with Crippen molar-refractivity contribution in [3.8, 4) is 0 Å². The molecule has 6 rings (SSSR count). The second kappa shape index (κ2) is 12.8. The number of anilines is 3. The van der Waals surface area contributed by atoms with Crippen LogP contribution in [0.5, 0.6) is 0 Å². The number of aromatic amines is 1. The van der Waals surface area contributed by atoms with Crippen molar-refractivity contribution in [2.75, 3.05) is 67.3 Å². The highest BCUT2D eigenvalue weighted by Gasteiger charge is 2.28. The summed E-state index contributed by atoms with van der Waals surface area (Å²) < 4.78 is 30.6. The predicted molar refractivity (Wildman–Crippen MR) is 175 cm³/mol. The molecule has 0 aliphatic carbocycles. The summed E-state index contributed by atoms with van der Waals surface area (Å²) in [5.41, 5.74) is 3.96. The Hall–Kier alpha value is -4.13. The standard InChI is InChI=1S/C32H40N8O3S/c1-24(2)34-29-9-6-12-33-31(29)38-15-17-39(18-16-38)32(41)30-22-26-21-27(10-11-28(26)35-30)36-44(42,43)40-19-13-37(14-20-40)23-25-7-4-3-5-8-25/h3-12,21-22,24,34-36H,13-20,23H2,1-2H3. The minimum Gasteiger partial charge on any atom is -0.380 e. The topological polar surface area (TPSA) is 117 Å². The number of rotatable bonds is 9. The molecule has 11 nitrogen and oxygen atoms in total. The first-order valence-corrected chi connectivity index (χ1v) is 16.6. The summed E-state index contributed by atoms with van der Waals surface area (Å²) in [7, 11) is -3.71. The molecule has 2 aliphatic heterocycles. The number of benzene rings is 2. The van der Waals surface area contributed by atoms with E-state index in [0.29, 0.717) is 69.8 Å². The van der Waals surface area contributed by atoms with Crippen LogP contribution in [0.3, 0.4) is 0 Å². The Bertz CT molecular complexity index is 1690. The van der Waals surface area contributed by atoms with Crippen molar-refractivity contribution in [1.82, 2.24) is 24.1 Å². The molecule has 0 atom stereocenters. The highest BCUT2D eigenvalue weighted by atomic mass is 32.2. The first kappa shape index (κ1) is 29.9. The molecule has 0 saturated carbocycles. The first-order valence-electron chi connectivity index (χ1n) is 15.2. The Labute approximate surface area is 259 Å². The summed E-state index contributed by atoms with van der Waals surface area (Å²) in [6.45, 7) is 9.72. The van der Waals surface area contributed by atoms with Gasteiger partial charge in [0.25, 0.3) is 5.91 Å². The van der Waals surface area contributed by atoms with Crippen LogP contribution >= 0.6 is 0 Å². The quantitative estimate of drug-likeness (QED) is 0.262. The number of hydrogen-bond acceptors (Lipinski definition) is 7. The molecule has 232 valence electrons. The van der Waals surface area contributed by atoms with E-state index in [9.17, 15) is 13.2 Å². The van der Waals surface area contributed by atoms with Gasteiger partial charge in [-0.15, -0.1) is 0 Å². The second-order valence-corrected chi connectivity index (χ2v) is 13.4. The van der Waals surface area contributed by atoms with Crippen LogP contribution in [0.15, 0.2) is 72.9 Å². The van der Waals surface area contributed by atoms with Gasteiger partial charge in [-0.25, -0.2) is 4.98 Å². The highest BCUT2D eigenvalue weighted by Crippen LogP contribution is 2.26. The Kier molecular flexibility index (Phi) is 8.74. The molecule has 4 heterocycles. The zero-order valence-electron chi connectivity index (χ0n) is 25.2. The SMILES string of the molecule is CC(C)Nc1cccnc1N1CCN(C(=O)c2cc3cc(NS(=O)(=O)N4CCN(Cc5ccccc5)CC4)ccc3[nH]2)CC1. The van der Waals surface area contributed by atoms with Crippen molar-refractivity contribution >= 4 is 44.2 Å². The molecule has 0 radical (unpaired) electrons. The van der Waals surface area contributed by atoms with Gasteiger partial charge in [-0.3, -0.25) is 14.4 Å². The lowest BCUT2D eigenvalue weighted by molar-refractivity contribution is 0.0741. The van der Waals surface area contributed by atoms with Gasteiger partial charge in [-0.1, -0.05) is 30.3 Å². The number of fused-ring (bicyclic) bond motifs is 1. The van der Waals surface area contributed by atoms with Crippen LogP contribution in [0.4, 0.5) is 17.2 Å². The minimum atomic E-state index is -3.71. The van der Waals surface area contributed by atoms with Crippen molar-refractivity contribution in [3.63, 3.8) is 0 Å². The number of H-pyrrole nitrogens is 1. The van der Waals surface area contributed by atoms with Crippen molar-refractivity contribution in [3.05, 3.63) is 84.2 Å². The van der Waals surface area contributed by atoms with Gasteiger partial charge in [0.15, 0.2) is 5.82 Å². The molecule has 0 unspecified atom stereocenters. The highest BCUT2D eigenvalue weighted by molar-refractivity contribution is 7.90. The molecule has 3 N–H and O–H groups in total. The molecule has 2 saturated heterocycles. The van der Waals surface area contributed by atoms with E-state index in [1.54, 1.807) is 24.4 Å². The van der Waals surface area contributed by atoms with E-state index in [-0.39, 0.29) is 5.91 Å². The number of carbonyl (C=O) groups is 1. The molecule has 44 heavy (non-hydrogen) atoms. The third kappa shape index (κ3) is 6.82. The first-order chi connectivity index (χ1) is 21.2. The van der Waals surface area contributed by atoms with Crippen LogP contribution in [-0.4, -0.2) is 96.8 Å². The van der Waals surface area contributed by atoms with E-state index in [1.807, 2.05) is 41.3 Å². The monoisotopic (exact) mass is 616 g/mol. The van der Waals surface area contributed by atoms with Crippen LogP contribution in [0, 0.1) is 0 Å². The molecule has 4 aromatic rings. The van der Waals surface area contributed by atoms with E-state index in [2.05, 4.69) is 55.8 Å². The number of piperazine rings is 2. The van der Waals surface area contributed by atoms with Gasteiger partial charge in [-0.05, 0) is 55.8 Å². The van der Waals surface area contributed by atoms with Gasteiger partial charge in [-0.2, -0.15) is 12.7 Å². The zero-order chi connectivity index (χ0) is 30.7. The van der Waals surface area contributed by atoms with Crippen molar-refractivity contribution in [1.29, 1.82) is 0 Å². The maximum absolute atomic E-state index is 13.4. The normalized spacial score (nSPS) is 16.9. The number of amides is 1. The number of nitrogens with zero attached hydrogens (tertiary/aromatic N) is 5. The van der Waals surface area contributed by atoms with Gasteiger partial charge in [0.1, 0.15) is 5.69 Å². The van der Waals surface area contributed by atoms with Gasteiger partial charge in [0.2, 0.25) is 0 Å². The predicted octanol–water partition coefficient (Wildman–Crippen LogP) is 3.82. The third-order valence-electron chi connectivity index (χ3n) is 8.12. The summed E-state index contributed by atoms with van der Waals surface area (Å²) in [5.74, 6) is 0.834. The molecule has 2 aromatic carbocycles. The molecule has 12 heteroatoms. The summed E-state index contributed by atoms with van der Waals surface area (Å²) in [4.78, 5) is 27.6. The average Bonchev–Trinajstić information content (AvgIpc) is 3.45. The summed E-state index contributed by atoms with van der Waals surface area (Å²) in [6, 6.07) is 21.6. The van der Waals surface area contributed by atoms with E-state index in [4.69, 9.17) is 0 Å². The maximum Gasteiger partial charge on any atom is 0.301 e. The molecule has 0 bridgehead atoms. The molecular weight excluding hydrogens is 576 g/mol. The zero-order valence-corrected chi connectivity index (χ0v) is 26.1. The van der Waals surface area contributed by atoms with Gasteiger partial charge < -0.3 is 20.1 Å². The lowest BCUT2D eigenvalue weighted by Crippen LogP contribution is -2.49. The lowest BCUT2D eigenvalue weighted by atomic mass is 10.2.